The van der Waals surface area contributed by atoms with E-state index >= 15 is 0 Å². The van der Waals surface area contributed by atoms with Crippen LogP contribution in [0.15, 0.2) is 12.1 Å². The number of alkyl halides is 1. The number of benzene rings is 1. The summed E-state index contributed by atoms with van der Waals surface area (Å²) in [4.78, 5) is 4.18. The Balaban J connectivity index is 2.12. The third kappa shape index (κ3) is 2.09. The Morgan fingerprint density at radius 1 is 1.40 bits per heavy atom. The van der Waals surface area contributed by atoms with Crippen LogP contribution >= 0.6 is 11.6 Å². The quantitative estimate of drug-likeness (QED) is 0.806. The zero-order valence-corrected chi connectivity index (χ0v) is 11.9. The Morgan fingerprint density at radius 2 is 2.15 bits per heavy atom. The number of nitrogens with zero attached hydrogens (tertiary/aromatic N) is 2. The van der Waals surface area contributed by atoms with E-state index in [4.69, 9.17) is 16.3 Å². The van der Waals surface area contributed by atoms with Gasteiger partial charge in [0.05, 0.1) is 23.5 Å². The molecule has 3 rings (SSSR count). The van der Waals surface area contributed by atoms with Gasteiger partial charge in [-0.25, -0.2) is 13.8 Å². The lowest BCUT2D eigenvalue weighted by Gasteiger charge is -2.41. The van der Waals surface area contributed by atoms with Crippen molar-refractivity contribution in [3.63, 3.8) is 0 Å². The van der Waals surface area contributed by atoms with Crippen LogP contribution in [0.4, 0.5) is 8.78 Å². The zero-order chi connectivity index (χ0) is 14.3. The third-order valence-corrected chi connectivity index (χ3v) is 4.35. The summed E-state index contributed by atoms with van der Waals surface area (Å²) < 4.78 is 34.6. The van der Waals surface area contributed by atoms with Crippen LogP contribution in [0.3, 0.4) is 0 Å². The summed E-state index contributed by atoms with van der Waals surface area (Å²) in [6.07, 6.45) is 2.96. The Morgan fingerprint density at radius 3 is 2.70 bits per heavy atom. The first-order valence-electron chi connectivity index (χ1n) is 6.54. The molecule has 0 unspecified atom stereocenters. The number of imidazole rings is 1. The summed E-state index contributed by atoms with van der Waals surface area (Å²) in [5, 5.41) is 0. The van der Waals surface area contributed by atoms with Crippen LogP contribution in [0.2, 0.25) is 0 Å². The fourth-order valence-corrected chi connectivity index (χ4v) is 2.97. The molecule has 0 spiro atoms. The van der Waals surface area contributed by atoms with E-state index < -0.39 is 11.6 Å². The van der Waals surface area contributed by atoms with Crippen molar-refractivity contribution in [2.45, 2.75) is 37.3 Å². The first kappa shape index (κ1) is 13.8. The molecule has 0 saturated heterocycles. The smallest absolute Gasteiger partial charge is 0.153 e. The molecule has 0 atom stereocenters. The van der Waals surface area contributed by atoms with E-state index in [1.807, 2.05) is 0 Å². The molecule has 6 heteroatoms. The third-order valence-electron chi connectivity index (χ3n) is 4.11. The molecule has 0 amide bonds. The molecule has 1 aliphatic carbocycles. The molecule has 0 aliphatic heterocycles. The Kier molecular flexibility index (Phi) is 3.42. The van der Waals surface area contributed by atoms with Gasteiger partial charge >= 0.3 is 0 Å². The first-order chi connectivity index (χ1) is 9.58. The van der Waals surface area contributed by atoms with Gasteiger partial charge < -0.3 is 9.30 Å². The number of fused-ring (bicyclic) bond motifs is 1. The largest absolute Gasteiger partial charge is 0.376 e. The molecule has 3 nitrogen and oxygen atoms in total. The Labute approximate surface area is 120 Å². The van der Waals surface area contributed by atoms with Crippen molar-refractivity contribution in [2.75, 3.05) is 7.11 Å². The van der Waals surface area contributed by atoms with Crippen molar-refractivity contribution in [3.05, 3.63) is 29.6 Å². The molecular formula is C14H15ClF2N2O. The lowest BCUT2D eigenvalue weighted by molar-refractivity contribution is -0.0831. The van der Waals surface area contributed by atoms with Crippen LogP contribution in [-0.2, 0) is 17.2 Å². The van der Waals surface area contributed by atoms with Gasteiger partial charge in [0.15, 0.2) is 5.82 Å². The van der Waals surface area contributed by atoms with E-state index in [0.717, 1.165) is 25.3 Å². The average Bonchev–Trinajstić information content (AvgIpc) is 2.72. The Bertz CT molecular complexity index is 647. The molecule has 20 heavy (non-hydrogen) atoms. The molecule has 1 heterocycles. The van der Waals surface area contributed by atoms with E-state index in [1.54, 1.807) is 11.7 Å². The lowest BCUT2D eigenvalue weighted by atomic mass is 9.80. The van der Waals surface area contributed by atoms with Gasteiger partial charge in [0.25, 0.3) is 0 Å². The summed E-state index contributed by atoms with van der Waals surface area (Å²) in [6, 6.07) is 2.14. The molecule has 0 radical (unpaired) electrons. The van der Waals surface area contributed by atoms with Gasteiger partial charge in [-0.1, -0.05) is 0 Å². The predicted octanol–water partition coefficient (Wildman–Crippen LogP) is 3.62. The molecule has 1 saturated carbocycles. The topological polar surface area (TPSA) is 27.1 Å². The Hall–Kier alpha value is -1.20. The number of aromatic nitrogens is 2. The van der Waals surface area contributed by atoms with Crippen molar-refractivity contribution in [2.24, 2.45) is 0 Å². The zero-order valence-electron chi connectivity index (χ0n) is 11.1. The van der Waals surface area contributed by atoms with Crippen molar-refractivity contribution < 1.29 is 13.5 Å². The summed E-state index contributed by atoms with van der Waals surface area (Å²) in [7, 11) is 1.67. The second-order valence-electron chi connectivity index (χ2n) is 5.24. The van der Waals surface area contributed by atoms with Crippen molar-refractivity contribution >= 4 is 22.6 Å². The molecule has 1 aromatic carbocycles. The molecule has 1 aromatic heterocycles. The summed E-state index contributed by atoms with van der Waals surface area (Å²) >= 11 is 5.89. The van der Waals surface area contributed by atoms with Crippen LogP contribution in [-0.4, -0.2) is 22.3 Å². The predicted molar refractivity (Wildman–Crippen MR) is 72.8 cm³/mol. The van der Waals surface area contributed by atoms with Crippen molar-refractivity contribution in [1.82, 2.24) is 9.55 Å². The lowest BCUT2D eigenvalue weighted by Crippen LogP contribution is -2.43. The molecule has 0 bridgehead atoms. The van der Waals surface area contributed by atoms with E-state index in [0.29, 0.717) is 17.9 Å². The summed E-state index contributed by atoms with van der Waals surface area (Å²) in [5.74, 6) is -0.591. The monoisotopic (exact) mass is 300 g/mol. The molecule has 0 N–H and O–H groups in total. The maximum Gasteiger partial charge on any atom is 0.153 e. The number of methoxy groups -OCH3 is 1. The van der Waals surface area contributed by atoms with Gasteiger partial charge in [-0.15, -0.1) is 11.6 Å². The van der Waals surface area contributed by atoms with Gasteiger partial charge in [-0.05, 0) is 25.3 Å². The van der Waals surface area contributed by atoms with Crippen LogP contribution in [0.25, 0.3) is 11.0 Å². The van der Waals surface area contributed by atoms with Crippen LogP contribution in [0, 0.1) is 11.6 Å². The van der Waals surface area contributed by atoms with Crippen LogP contribution in [0.1, 0.15) is 25.1 Å². The second kappa shape index (κ2) is 4.97. The van der Waals surface area contributed by atoms with E-state index in [1.165, 1.54) is 6.07 Å². The molecular weight excluding hydrogens is 286 g/mol. The van der Waals surface area contributed by atoms with Crippen LogP contribution < -0.4 is 0 Å². The average molecular weight is 301 g/mol. The second-order valence-corrected chi connectivity index (χ2v) is 5.51. The highest BCUT2D eigenvalue weighted by Crippen LogP contribution is 2.38. The van der Waals surface area contributed by atoms with Gasteiger partial charge in [-0.2, -0.15) is 0 Å². The van der Waals surface area contributed by atoms with E-state index in [2.05, 4.69) is 4.98 Å². The maximum atomic E-state index is 13.8. The minimum absolute atomic E-state index is 0.148. The number of rotatable bonds is 4. The normalized spacial score (nSPS) is 17.4. The maximum absolute atomic E-state index is 13.8. The van der Waals surface area contributed by atoms with Gasteiger partial charge in [-0.3, -0.25) is 0 Å². The van der Waals surface area contributed by atoms with Gasteiger partial charge in [0.1, 0.15) is 17.2 Å². The standard InChI is InChI=1S/C14H15ClF2N2O/c1-20-14(3-2-4-14)8-19-11-6-9(16)5-10(17)13(11)18-12(19)7-15/h5-6H,2-4,7-8H2,1H3. The first-order valence-corrected chi connectivity index (χ1v) is 7.07. The van der Waals surface area contributed by atoms with Crippen LogP contribution in [0.5, 0.6) is 0 Å². The highest BCUT2D eigenvalue weighted by molar-refractivity contribution is 6.16. The van der Waals surface area contributed by atoms with Gasteiger partial charge in [0, 0.05) is 13.2 Å². The number of hydrogen-bond acceptors (Lipinski definition) is 2. The number of hydrogen-bond donors (Lipinski definition) is 0. The van der Waals surface area contributed by atoms with Crippen molar-refractivity contribution in [1.29, 1.82) is 0 Å². The number of halogens is 3. The highest BCUT2D eigenvalue weighted by atomic mass is 35.5. The number of ether oxygens (including phenoxy) is 1. The molecule has 108 valence electrons. The fourth-order valence-electron chi connectivity index (χ4n) is 2.76. The fraction of sp³-hybridized carbons (Fsp3) is 0.500. The highest BCUT2D eigenvalue weighted by Gasteiger charge is 2.38. The minimum atomic E-state index is -0.662. The van der Waals surface area contributed by atoms with E-state index in [9.17, 15) is 8.78 Å². The summed E-state index contributed by atoms with van der Waals surface area (Å²) in [5.41, 5.74) is 0.325. The SMILES string of the molecule is COC1(Cn2c(CCl)nc3c(F)cc(F)cc32)CCC1. The molecule has 1 aliphatic rings. The summed E-state index contributed by atoms with van der Waals surface area (Å²) in [6.45, 7) is 0.519. The van der Waals surface area contributed by atoms with Gasteiger partial charge in [0.2, 0.25) is 0 Å². The van der Waals surface area contributed by atoms with E-state index in [-0.39, 0.29) is 17.0 Å². The minimum Gasteiger partial charge on any atom is -0.376 e. The van der Waals surface area contributed by atoms with Crippen molar-refractivity contribution in [3.8, 4) is 0 Å². The molecule has 2 aromatic rings. The molecule has 1 fully saturated rings.